The SMILES string of the molecule is C=CC(=C)OCC(CCC(=O)C=C)(COC(=O)C=C)COC(=O)C=C. The summed E-state index contributed by atoms with van der Waals surface area (Å²) in [6, 6.07) is 0. The molecule has 0 unspecified atom stereocenters. The first kappa shape index (κ1) is 22.1. The highest BCUT2D eigenvalue weighted by atomic mass is 16.6. The highest BCUT2D eigenvalue weighted by Gasteiger charge is 2.35. The summed E-state index contributed by atoms with van der Waals surface area (Å²) < 4.78 is 15.7. The van der Waals surface area contributed by atoms with Crippen molar-refractivity contribution in [2.75, 3.05) is 19.8 Å². The Morgan fingerprint density at radius 3 is 1.64 bits per heavy atom. The van der Waals surface area contributed by atoms with E-state index in [2.05, 4.69) is 32.9 Å². The molecule has 0 rings (SSSR count). The topological polar surface area (TPSA) is 78.9 Å². The lowest BCUT2D eigenvalue weighted by molar-refractivity contribution is -0.151. The third-order valence-electron chi connectivity index (χ3n) is 3.30. The zero-order valence-corrected chi connectivity index (χ0v) is 14.3. The molecule has 0 aromatic rings. The van der Waals surface area contributed by atoms with Gasteiger partial charge in [-0.1, -0.05) is 32.9 Å². The van der Waals surface area contributed by atoms with E-state index >= 15 is 0 Å². The maximum absolute atomic E-state index is 11.6. The van der Waals surface area contributed by atoms with Crippen LogP contribution in [0.2, 0.25) is 0 Å². The van der Waals surface area contributed by atoms with Crippen molar-refractivity contribution < 1.29 is 28.6 Å². The van der Waals surface area contributed by atoms with Crippen molar-refractivity contribution in [1.82, 2.24) is 0 Å². The monoisotopic (exact) mass is 348 g/mol. The number of rotatable bonds is 14. The van der Waals surface area contributed by atoms with Crippen LogP contribution in [-0.4, -0.2) is 37.5 Å². The lowest BCUT2D eigenvalue weighted by Crippen LogP contribution is -2.39. The Morgan fingerprint density at radius 2 is 1.24 bits per heavy atom. The first-order valence-electron chi connectivity index (χ1n) is 7.50. The minimum atomic E-state index is -0.956. The molecular weight excluding hydrogens is 324 g/mol. The predicted octanol–water partition coefficient (Wildman–Crippen LogP) is 2.68. The fourth-order valence-electron chi connectivity index (χ4n) is 1.70. The number of ketones is 1. The van der Waals surface area contributed by atoms with Crippen LogP contribution in [0.5, 0.6) is 0 Å². The van der Waals surface area contributed by atoms with E-state index in [9.17, 15) is 14.4 Å². The molecule has 0 heterocycles. The molecule has 0 radical (unpaired) electrons. The molecule has 25 heavy (non-hydrogen) atoms. The summed E-state index contributed by atoms with van der Waals surface area (Å²) in [6.45, 7) is 17.0. The van der Waals surface area contributed by atoms with Crippen LogP contribution in [0.1, 0.15) is 12.8 Å². The van der Waals surface area contributed by atoms with Crippen molar-refractivity contribution in [2.24, 2.45) is 5.41 Å². The second kappa shape index (κ2) is 11.6. The summed E-state index contributed by atoms with van der Waals surface area (Å²) in [6.07, 6.45) is 4.98. The van der Waals surface area contributed by atoms with Gasteiger partial charge in [-0.05, 0) is 18.6 Å². The average Bonchev–Trinajstić information content (AvgIpc) is 2.65. The number of ether oxygens (including phenoxy) is 3. The third kappa shape index (κ3) is 9.10. The molecule has 0 N–H and O–H groups in total. The van der Waals surface area contributed by atoms with Crippen LogP contribution in [0, 0.1) is 5.41 Å². The smallest absolute Gasteiger partial charge is 0.330 e. The van der Waals surface area contributed by atoms with Gasteiger partial charge in [0, 0.05) is 18.6 Å². The van der Waals surface area contributed by atoms with Crippen molar-refractivity contribution in [3.63, 3.8) is 0 Å². The predicted molar refractivity (Wildman–Crippen MR) is 94.5 cm³/mol. The van der Waals surface area contributed by atoms with Crippen LogP contribution in [0.3, 0.4) is 0 Å². The summed E-state index contributed by atoms with van der Waals surface area (Å²) in [7, 11) is 0. The minimum absolute atomic E-state index is 0.00286. The molecular formula is C19H24O6. The maximum Gasteiger partial charge on any atom is 0.330 e. The van der Waals surface area contributed by atoms with Gasteiger partial charge in [0.05, 0.1) is 5.41 Å². The standard InChI is InChI=1S/C19H24O6/c1-6-15(5)23-12-19(11-10-16(20)7-2,13-24-17(21)8-3)14-25-18(22)9-4/h6-9H,1-5,10-14H2. The van der Waals surface area contributed by atoms with Gasteiger partial charge in [-0.2, -0.15) is 0 Å². The molecule has 0 spiro atoms. The van der Waals surface area contributed by atoms with E-state index in [1.54, 1.807) is 0 Å². The Balaban J connectivity index is 5.36. The summed E-state index contributed by atoms with van der Waals surface area (Å²) in [5, 5.41) is 0. The van der Waals surface area contributed by atoms with Crippen LogP contribution in [0.4, 0.5) is 0 Å². The molecule has 0 aromatic heterocycles. The molecule has 0 atom stereocenters. The van der Waals surface area contributed by atoms with E-state index in [0.29, 0.717) is 5.76 Å². The van der Waals surface area contributed by atoms with E-state index in [4.69, 9.17) is 14.2 Å². The number of allylic oxidation sites excluding steroid dienone is 2. The van der Waals surface area contributed by atoms with Gasteiger partial charge in [0.1, 0.15) is 25.6 Å². The van der Waals surface area contributed by atoms with Gasteiger partial charge in [0.25, 0.3) is 0 Å². The fourth-order valence-corrected chi connectivity index (χ4v) is 1.70. The van der Waals surface area contributed by atoms with Crippen LogP contribution < -0.4 is 0 Å². The summed E-state index contributed by atoms with van der Waals surface area (Å²) in [4.78, 5) is 34.4. The molecule has 136 valence electrons. The molecule has 0 aliphatic carbocycles. The van der Waals surface area contributed by atoms with E-state index in [1.807, 2.05) is 0 Å². The highest BCUT2D eigenvalue weighted by Crippen LogP contribution is 2.28. The number of esters is 2. The van der Waals surface area contributed by atoms with Crippen molar-refractivity contribution in [1.29, 1.82) is 0 Å². The van der Waals surface area contributed by atoms with Gasteiger partial charge in [0.2, 0.25) is 0 Å². The Bertz CT molecular complexity index is 457. The van der Waals surface area contributed by atoms with Crippen LogP contribution in [-0.2, 0) is 28.6 Å². The Labute approximate surface area is 148 Å². The van der Waals surface area contributed by atoms with E-state index in [0.717, 1.165) is 12.2 Å². The van der Waals surface area contributed by atoms with E-state index in [1.165, 1.54) is 12.2 Å². The lowest BCUT2D eigenvalue weighted by Gasteiger charge is -2.32. The van der Waals surface area contributed by atoms with Gasteiger partial charge in [0.15, 0.2) is 5.78 Å². The molecule has 0 amide bonds. The third-order valence-corrected chi connectivity index (χ3v) is 3.30. The number of hydrogen-bond acceptors (Lipinski definition) is 6. The van der Waals surface area contributed by atoms with Crippen molar-refractivity contribution in [3.05, 3.63) is 63.0 Å². The summed E-state index contributed by atoms with van der Waals surface area (Å²) in [5.74, 6) is -1.18. The average molecular weight is 348 g/mol. The molecule has 6 heteroatoms. The first-order chi connectivity index (χ1) is 11.8. The van der Waals surface area contributed by atoms with Gasteiger partial charge < -0.3 is 14.2 Å². The molecule has 0 saturated carbocycles. The Morgan fingerprint density at radius 1 is 0.760 bits per heavy atom. The Kier molecular flexibility index (Phi) is 10.3. The zero-order valence-electron chi connectivity index (χ0n) is 14.3. The molecule has 0 bridgehead atoms. The fraction of sp³-hybridized carbons (Fsp3) is 0.316. The minimum Gasteiger partial charge on any atom is -0.493 e. The molecule has 0 fully saturated rings. The molecule has 0 aliphatic heterocycles. The first-order valence-corrected chi connectivity index (χ1v) is 7.50. The molecule has 0 saturated heterocycles. The van der Waals surface area contributed by atoms with Gasteiger partial charge in [-0.15, -0.1) is 0 Å². The lowest BCUT2D eigenvalue weighted by atomic mass is 9.84. The van der Waals surface area contributed by atoms with Crippen LogP contribution in [0.15, 0.2) is 63.0 Å². The van der Waals surface area contributed by atoms with E-state index in [-0.39, 0.29) is 38.4 Å². The second-order valence-corrected chi connectivity index (χ2v) is 5.25. The number of carbonyl (C=O) groups excluding carboxylic acids is 3. The quantitative estimate of drug-likeness (QED) is 0.208. The molecule has 0 aromatic carbocycles. The highest BCUT2D eigenvalue weighted by molar-refractivity contribution is 5.89. The van der Waals surface area contributed by atoms with Crippen LogP contribution >= 0.6 is 0 Å². The zero-order chi connectivity index (χ0) is 19.3. The molecule has 0 aliphatic rings. The number of hydrogen-bond donors (Lipinski definition) is 0. The van der Waals surface area contributed by atoms with Crippen molar-refractivity contribution >= 4 is 17.7 Å². The van der Waals surface area contributed by atoms with Gasteiger partial charge >= 0.3 is 11.9 Å². The normalized spacial score (nSPS) is 10.1. The summed E-state index contributed by atoms with van der Waals surface area (Å²) >= 11 is 0. The van der Waals surface area contributed by atoms with Crippen LogP contribution in [0.25, 0.3) is 0 Å². The molecule has 6 nitrogen and oxygen atoms in total. The summed E-state index contributed by atoms with van der Waals surface area (Å²) in [5.41, 5.74) is -0.956. The maximum atomic E-state index is 11.6. The van der Waals surface area contributed by atoms with E-state index < -0.39 is 17.4 Å². The second-order valence-electron chi connectivity index (χ2n) is 5.25. The van der Waals surface area contributed by atoms with Crippen molar-refractivity contribution in [3.8, 4) is 0 Å². The van der Waals surface area contributed by atoms with Crippen molar-refractivity contribution in [2.45, 2.75) is 12.8 Å². The Hall–Kier alpha value is -2.89. The van der Waals surface area contributed by atoms with Gasteiger partial charge in [-0.25, -0.2) is 9.59 Å². The van der Waals surface area contributed by atoms with Gasteiger partial charge in [-0.3, -0.25) is 4.79 Å². The largest absolute Gasteiger partial charge is 0.493 e. The number of carbonyl (C=O) groups is 3.